The number of rotatable bonds is 4. The van der Waals surface area contributed by atoms with Crippen molar-refractivity contribution in [3.63, 3.8) is 0 Å². The number of nitrogens with one attached hydrogen (secondary N) is 1. The van der Waals surface area contributed by atoms with E-state index in [4.69, 9.17) is 0 Å². The molecule has 2 atom stereocenters. The zero-order valence-electron chi connectivity index (χ0n) is 12.1. The van der Waals surface area contributed by atoms with Crippen molar-refractivity contribution in [1.82, 2.24) is 20.2 Å². The zero-order valence-corrected chi connectivity index (χ0v) is 12.1. The van der Waals surface area contributed by atoms with Crippen molar-refractivity contribution in [2.24, 2.45) is 0 Å². The van der Waals surface area contributed by atoms with Crippen molar-refractivity contribution in [3.8, 4) is 0 Å². The fourth-order valence-corrected chi connectivity index (χ4v) is 2.36. The normalized spacial score (nSPS) is 26.6. The first-order valence-electron chi connectivity index (χ1n) is 6.91. The van der Waals surface area contributed by atoms with E-state index in [1.54, 1.807) is 30.3 Å². The highest BCUT2D eigenvalue weighted by atomic mass is 16.2. The van der Waals surface area contributed by atoms with Crippen molar-refractivity contribution in [1.29, 1.82) is 0 Å². The summed E-state index contributed by atoms with van der Waals surface area (Å²) in [6.07, 6.45) is 4.40. The Hall–Kier alpha value is -1.98. The summed E-state index contributed by atoms with van der Waals surface area (Å²) >= 11 is 0. The molecule has 0 aromatic carbocycles. The van der Waals surface area contributed by atoms with Crippen LogP contribution in [0.25, 0.3) is 0 Å². The Kier molecular flexibility index (Phi) is 4.01. The molecule has 1 aromatic heterocycles. The van der Waals surface area contributed by atoms with Crippen LogP contribution < -0.4 is 5.32 Å². The van der Waals surface area contributed by atoms with Gasteiger partial charge in [-0.2, -0.15) is 0 Å². The third kappa shape index (κ3) is 2.37. The Morgan fingerprint density at radius 3 is 2.50 bits per heavy atom. The minimum Gasteiger partial charge on any atom is -0.342 e. The first-order valence-corrected chi connectivity index (χ1v) is 6.91. The molecule has 0 radical (unpaired) electrons. The summed E-state index contributed by atoms with van der Waals surface area (Å²) < 4.78 is 0. The fourth-order valence-electron chi connectivity index (χ4n) is 2.36. The molecule has 2 rings (SSSR count). The van der Waals surface area contributed by atoms with E-state index in [-0.39, 0.29) is 18.4 Å². The van der Waals surface area contributed by atoms with Gasteiger partial charge in [0.2, 0.25) is 11.8 Å². The molecule has 1 aliphatic heterocycles. The standard InChI is InChI=1S/C14H20N4O2/c1-4-10-12(19)18(9-11-15-7-6-8-16-11)14(3,5-2)13(20)17-10/h6-8,10H,4-5,9H2,1-3H3,(H,17,20). The van der Waals surface area contributed by atoms with E-state index in [1.165, 1.54) is 0 Å². The molecule has 1 fully saturated rings. The highest BCUT2D eigenvalue weighted by Crippen LogP contribution is 2.27. The largest absolute Gasteiger partial charge is 0.342 e. The van der Waals surface area contributed by atoms with Crippen LogP contribution in [0.5, 0.6) is 0 Å². The van der Waals surface area contributed by atoms with Crippen molar-refractivity contribution in [2.75, 3.05) is 0 Å². The third-order valence-electron chi connectivity index (χ3n) is 3.97. The lowest BCUT2D eigenvalue weighted by Gasteiger charge is -2.45. The summed E-state index contributed by atoms with van der Waals surface area (Å²) in [5, 5.41) is 2.80. The number of piperazine rings is 1. The van der Waals surface area contributed by atoms with E-state index in [0.717, 1.165) is 0 Å². The lowest BCUT2D eigenvalue weighted by Crippen LogP contribution is -2.68. The lowest BCUT2D eigenvalue weighted by molar-refractivity contribution is -0.157. The van der Waals surface area contributed by atoms with Crippen LogP contribution in [0.4, 0.5) is 0 Å². The van der Waals surface area contributed by atoms with Crippen molar-refractivity contribution < 1.29 is 9.59 Å². The minimum absolute atomic E-state index is 0.0658. The highest BCUT2D eigenvalue weighted by Gasteiger charge is 2.47. The van der Waals surface area contributed by atoms with Gasteiger partial charge in [-0.3, -0.25) is 9.59 Å². The number of carbonyl (C=O) groups excluding carboxylic acids is 2. The molecule has 0 spiro atoms. The molecule has 2 unspecified atom stereocenters. The topological polar surface area (TPSA) is 75.2 Å². The SMILES string of the molecule is CCC1NC(=O)C(C)(CC)N(Cc2ncccn2)C1=O. The molecule has 0 bridgehead atoms. The second-order valence-electron chi connectivity index (χ2n) is 5.15. The van der Waals surface area contributed by atoms with Crippen LogP contribution in [0.15, 0.2) is 18.5 Å². The van der Waals surface area contributed by atoms with Crippen molar-refractivity contribution >= 4 is 11.8 Å². The first-order chi connectivity index (χ1) is 9.52. The van der Waals surface area contributed by atoms with Crippen molar-refractivity contribution in [2.45, 2.75) is 51.7 Å². The molecule has 0 aliphatic carbocycles. The van der Waals surface area contributed by atoms with Crippen LogP contribution in [0.2, 0.25) is 0 Å². The van der Waals surface area contributed by atoms with E-state index in [2.05, 4.69) is 15.3 Å². The average Bonchev–Trinajstić information content (AvgIpc) is 2.48. The Morgan fingerprint density at radius 1 is 1.30 bits per heavy atom. The first kappa shape index (κ1) is 14.4. The monoisotopic (exact) mass is 276 g/mol. The molecule has 2 heterocycles. The number of hydrogen-bond acceptors (Lipinski definition) is 4. The van der Waals surface area contributed by atoms with Crippen LogP contribution in [0, 0.1) is 0 Å². The van der Waals surface area contributed by atoms with E-state index >= 15 is 0 Å². The van der Waals surface area contributed by atoms with Gasteiger partial charge >= 0.3 is 0 Å². The fraction of sp³-hybridized carbons (Fsp3) is 0.571. The summed E-state index contributed by atoms with van der Waals surface area (Å²) in [7, 11) is 0. The molecule has 1 aromatic rings. The molecule has 20 heavy (non-hydrogen) atoms. The third-order valence-corrected chi connectivity index (χ3v) is 3.97. The van der Waals surface area contributed by atoms with Crippen LogP contribution in [0.1, 0.15) is 39.4 Å². The quantitative estimate of drug-likeness (QED) is 0.886. The Balaban J connectivity index is 2.33. The second-order valence-corrected chi connectivity index (χ2v) is 5.15. The predicted octanol–water partition coefficient (Wildman–Crippen LogP) is 0.882. The van der Waals surface area contributed by atoms with E-state index in [0.29, 0.717) is 18.7 Å². The summed E-state index contributed by atoms with van der Waals surface area (Å²) in [5.41, 5.74) is -0.845. The number of aromatic nitrogens is 2. The zero-order chi connectivity index (χ0) is 14.8. The van der Waals surface area contributed by atoms with Gasteiger partial charge in [-0.25, -0.2) is 9.97 Å². The Bertz CT molecular complexity index is 505. The highest BCUT2D eigenvalue weighted by molar-refractivity contribution is 5.99. The number of nitrogens with zero attached hydrogens (tertiary/aromatic N) is 3. The second kappa shape index (κ2) is 5.56. The predicted molar refractivity (Wildman–Crippen MR) is 73.5 cm³/mol. The van der Waals surface area contributed by atoms with Gasteiger partial charge in [0.1, 0.15) is 17.4 Å². The molecule has 1 N–H and O–H groups in total. The molecule has 108 valence electrons. The smallest absolute Gasteiger partial charge is 0.246 e. The Labute approximate surface area is 118 Å². The maximum absolute atomic E-state index is 12.5. The Morgan fingerprint density at radius 2 is 1.95 bits per heavy atom. The van der Waals surface area contributed by atoms with Gasteiger partial charge < -0.3 is 10.2 Å². The molecule has 6 nitrogen and oxygen atoms in total. The van der Waals surface area contributed by atoms with Gasteiger partial charge in [0.05, 0.1) is 6.54 Å². The van der Waals surface area contributed by atoms with Gasteiger partial charge in [-0.15, -0.1) is 0 Å². The number of carbonyl (C=O) groups is 2. The molecule has 1 aliphatic rings. The molecule has 6 heteroatoms. The van der Waals surface area contributed by atoms with Crippen LogP contribution in [-0.4, -0.2) is 38.3 Å². The van der Waals surface area contributed by atoms with Gasteiger partial charge in [0.15, 0.2) is 0 Å². The molecule has 0 saturated carbocycles. The summed E-state index contributed by atoms with van der Waals surface area (Å²) in [5.74, 6) is 0.372. The lowest BCUT2D eigenvalue weighted by atomic mass is 9.90. The van der Waals surface area contributed by atoms with Gasteiger partial charge in [0, 0.05) is 12.4 Å². The molecule has 1 saturated heterocycles. The van der Waals surface area contributed by atoms with Crippen LogP contribution in [0.3, 0.4) is 0 Å². The van der Waals surface area contributed by atoms with E-state index in [9.17, 15) is 9.59 Å². The molecule has 2 amide bonds. The maximum Gasteiger partial charge on any atom is 0.246 e. The summed E-state index contributed by atoms with van der Waals surface area (Å²) in [4.78, 5) is 34.8. The van der Waals surface area contributed by atoms with E-state index in [1.807, 2.05) is 13.8 Å². The van der Waals surface area contributed by atoms with Gasteiger partial charge in [-0.05, 0) is 25.8 Å². The number of hydrogen-bond donors (Lipinski definition) is 1. The van der Waals surface area contributed by atoms with Crippen LogP contribution >= 0.6 is 0 Å². The van der Waals surface area contributed by atoms with Gasteiger partial charge in [-0.1, -0.05) is 13.8 Å². The van der Waals surface area contributed by atoms with E-state index < -0.39 is 11.6 Å². The maximum atomic E-state index is 12.5. The summed E-state index contributed by atoms with van der Waals surface area (Å²) in [6.45, 7) is 5.83. The van der Waals surface area contributed by atoms with Gasteiger partial charge in [0.25, 0.3) is 0 Å². The average molecular weight is 276 g/mol. The molecular formula is C14H20N4O2. The summed E-state index contributed by atoms with van der Waals surface area (Å²) in [6, 6.07) is 1.27. The van der Waals surface area contributed by atoms with Crippen LogP contribution in [-0.2, 0) is 16.1 Å². The number of amides is 2. The minimum atomic E-state index is -0.845. The van der Waals surface area contributed by atoms with Crippen molar-refractivity contribution in [3.05, 3.63) is 24.3 Å². The molecular weight excluding hydrogens is 256 g/mol.